The van der Waals surface area contributed by atoms with Crippen LogP contribution in [0.5, 0.6) is 0 Å². The average Bonchev–Trinajstić information content (AvgIpc) is 3.26. The molecule has 0 amide bonds. The lowest BCUT2D eigenvalue weighted by Crippen LogP contribution is -2.39. The molecule has 0 saturated carbocycles. The molecule has 0 spiro atoms. The van der Waals surface area contributed by atoms with Crippen molar-refractivity contribution in [3.63, 3.8) is 0 Å². The summed E-state index contributed by atoms with van der Waals surface area (Å²) in [5.74, 6) is 2.06. The zero-order chi connectivity index (χ0) is 28.3. The van der Waals surface area contributed by atoms with E-state index in [1.165, 1.54) is 89.9 Å². The third-order valence-electron chi connectivity index (χ3n) is 6.90. The first-order valence-corrected chi connectivity index (χ1v) is 18.9. The summed E-state index contributed by atoms with van der Waals surface area (Å²) in [6, 6.07) is -0.0667. The number of quaternary nitrogens is 1. The normalized spacial score (nSPS) is 14.2. The molecule has 38 heavy (non-hydrogen) atoms. The largest absolute Gasteiger partial charge is 0.331 e. The van der Waals surface area contributed by atoms with E-state index in [1.807, 2.05) is 23.4 Å². The molecule has 0 radical (unpaired) electrons. The van der Waals surface area contributed by atoms with E-state index < -0.39 is 10.0 Å². The molecule has 1 aromatic heterocycles. The third-order valence-corrected chi connectivity index (χ3v) is 11.4. The van der Waals surface area contributed by atoms with Crippen LogP contribution in [-0.2, 0) is 10.0 Å². The molecule has 1 N–H and O–H groups in total. The summed E-state index contributed by atoms with van der Waals surface area (Å²) in [5, 5.41) is 4.40. The number of hydrogen-bond acceptors (Lipinski definition) is 5. The van der Waals surface area contributed by atoms with E-state index >= 15 is 0 Å². The minimum atomic E-state index is -3.32. The first-order chi connectivity index (χ1) is 18.1. The zero-order valence-corrected chi connectivity index (χ0v) is 28.8. The van der Waals surface area contributed by atoms with Crippen molar-refractivity contribution in [1.29, 1.82) is 0 Å². The Bertz CT molecular complexity index is 814. The van der Waals surface area contributed by atoms with Crippen LogP contribution in [0.2, 0.25) is 0 Å². The van der Waals surface area contributed by atoms with Gasteiger partial charge in [-0.3, -0.25) is 0 Å². The van der Waals surface area contributed by atoms with Gasteiger partial charge in [-0.05, 0) is 19.1 Å². The number of alkyl halides is 1. The van der Waals surface area contributed by atoms with E-state index in [2.05, 4.69) is 65.5 Å². The van der Waals surface area contributed by atoms with E-state index in [0.29, 0.717) is 13.0 Å². The van der Waals surface area contributed by atoms with Gasteiger partial charge < -0.3 is 4.48 Å². The second-order valence-corrected chi connectivity index (χ2v) is 17.0. The first-order valence-electron chi connectivity index (χ1n) is 15.0. The highest BCUT2D eigenvalue weighted by Gasteiger charge is 2.25. The molecule has 0 aromatic carbocycles. The van der Waals surface area contributed by atoms with Gasteiger partial charge in [0, 0.05) is 13.0 Å². The number of thioether (sulfide) groups is 1. The lowest BCUT2D eigenvalue weighted by molar-refractivity contribution is -0.870. The number of aromatic nitrogens is 3. The van der Waals surface area contributed by atoms with Crippen molar-refractivity contribution in [2.24, 2.45) is 0 Å². The summed E-state index contributed by atoms with van der Waals surface area (Å²) in [6.07, 6.45) is 21.4. The van der Waals surface area contributed by atoms with Crippen molar-refractivity contribution >= 4 is 44.4 Å². The molecule has 1 heterocycles. The van der Waals surface area contributed by atoms with Crippen LogP contribution >= 0.6 is 34.4 Å². The van der Waals surface area contributed by atoms with Gasteiger partial charge in [-0.1, -0.05) is 113 Å². The summed E-state index contributed by atoms with van der Waals surface area (Å²) >= 11 is 4.36. The van der Waals surface area contributed by atoms with E-state index in [4.69, 9.17) is 0 Å². The van der Waals surface area contributed by atoms with E-state index in [0.717, 1.165) is 22.6 Å². The second kappa shape index (κ2) is 20.9. The Morgan fingerprint density at radius 2 is 1.45 bits per heavy atom. The minimum Gasteiger partial charge on any atom is -0.331 e. The maximum Gasteiger partial charge on any atom is 0.211 e. The van der Waals surface area contributed by atoms with Gasteiger partial charge in [0.2, 0.25) is 10.0 Å². The molecule has 0 bridgehead atoms. The Hall–Kier alpha value is 0.0900. The Morgan fingerprint density at radius 3 is 1.92 bits per heavy atom. The summed E-state index contributed by atoms with van der Waals surface area (Å²) in [4.78, 5) is 4.28. The SMILES string of the molecule is CCCCCCCCCCCCCCCCSC(I)C(CNS(=O)(=O)CCC[N+](C)(C)C)n1ncnc1C. The number of hydrogen-bond donors (Lipinski definition) is 1. The number of aryl methyl sites for hydroxylation is 1. The molecule has 0 aliphatic heterocycles. The lowest BCUT2D eigenvalue weighted by atomic mass is 10.0. The summed E-state index contributed by atoms with van der Waals surface area (Å²) in [7, 11) is 2.93. The Balaban J connectivity index is 2.26. The maximum absolute atomic E-state index is 12.6. The van der Waals surface area contributed by atoms with Crippen LogP contribution in [0.25, 0.3) is 0 Å². The van der Waals surface area contributed by atoms with E-state index in [-0.39, 0.29) is 15.1 Å². The van der Waals surface area contributed by atoms with Crippen LogP contribution in [0, 0.1) is 6.92 Å². The zero-order valence-electron chi connectivity index (χ0n) is 25.0. The van der Waals surface area contributed by atoms with Crippen molar-refractivity contribution < 1.29 is 12.9 Å². The van der Waals surface area contributed by atoms with Gasteiger partial charge in [-0.15, -0.1) is 11.8 Å². The number of halogens is 1. The maximum atomic E-state index is 12.6. The molecule has 2 unspecified atom stereocenters. The molecule has 1 aromatic rings. The number of rotatable bonds is 25. The van der Waals surface area contributed by atoms with Gasteiger partial charge in [-0.2, -0.15) is 5.10 Å². The standard InChI is InChI=1S/C28H57IN5O2S2/c1-6-7-8-9-10-11-12-13-14-15-16-17-18-19-22-37-28(29)27(33-26(2)30-25-31-33)24-32-38(35,36)23-20-21-34(3,4)5/h25,27-28,32H,6-24H2,1-5H3/q+1. The summed E-state index contributed by atoms with van der Waals surface area (Å²) in [6.45, 7) is 5.38. The quantitative estimate of drug-likeness (QED) is 0.0514. The summed E-state index contributed by atoms with van der Waals surface area (Å²) < 4.78 is 31.0. The highest BCUT2D eigenvalue weighted by Crippen LogP contribution is 2.31. The fourth-order valence-electron chi connectivity index (χ4n) is 4.54. The van der Waals surface area contributed by atoms with E-state index in [9.17, 15) is 8.42 Å². The topological polar surface area (TPSA) is 76.9 Å². The first kappa shape index (κ1) is 36.1. The molecule has 224 valence electrons. The van der Waals surface area contributed by atoms with Gasteiger partial charge in [0.25, 0.3) is 0 Å². The smallest absolute Gasteiger partial charge is 0.211 e. The molecule has 0 saturated heterocycles. The summed E-state index contributed by atoms with van der Waals surface area (Å²) in [5.41, 5.74) is 0. The molecule has 1 rings (SSSR count). The lowest BCUT2D eigenvalue weighted by Gasteiger charge is -2.25. The highest BCUT2D eigenvalue weighted by molar-refractivity contribution is 14.1. The Labute approximate surface area is 252 Å². The van der Waals surface area contributed by atoms with Crippen molar-refractivity contribution in [3.05, 3.63) is 12.2 Å². The highest BCUT2D eigenvalue weighted by atomic mass is 127. The third kappa shape index (κ3) is 18.4. The molecule has 2 atom stereocenters. The molecule has 10 heteroatoms. The average molecular weight is 687 g/mol. The number of nitrogens with one attached hydrogen (secondary N) is 1. The molecule has 0 fully saturated rings. The fraction of sp³-hybridized carbons (Fsp3) is 0.929. The second-order valence-electron chi connectivity index (χ2n) is 11.7. The predicted molar refractivity (Wildman–Crippen MR) is 174 cm³/mol. The predicted octanol–water partition coefficient (Wildman–Crippen LogP) is 7.12. The van der Waals surface area contributed by atoms with Gasteiger partial charge in [0.1, 0.15) is 12.2 Å². The number of unbranched alkanes of at least 4 members (excludes halogenated alkanes) is 13. The number of sulfonamides is 1. The van der Waals surface area contributed by atoms with Gasteiger partial charge in [0.05, 0.1) is 42.7 Å². The van der Waals surface area contributed by atoms with Crippen molar-refractivity contribution in [2.75, 3.05) is 45.7 Å². The van der Waals surface area contributed by atoms with Crippen LogP contribution in [-0.4, -0.2) is 76.7 Å². The van der Waals surface area contributed by atoms with Gasteiger partial charge >= 0.3 is 0 Å². The Kier molecular flexibility index (Phi) is 19.9. The van der Waals surface area contributed by atoms with Gasteiger partial charge in [0.15, 0.2) is 0 Å². The minimum absolute atomic E-state index is 0.0667. The number of nitrogens with zero attached hydrogens (tertiary/aromatic N) is 4. The molecular weight excluding hydrogens is 629 g/mol. The molecule has 0 aliphatic carbocycles. The van der Waals surface area contributed by atoms with Crippen LogP contribution in [0.15, 0.2) is 6.33 Å². The molecule has 7 nitrogen and oxygen atoms in total. The molecule has 0 aliphatic rings. The van der Waals surface area contributed by atoms with Crippen molar-refractivity contribution in [1.82, 2.24) is 19.5 Å². The van der Waals surface area contributed by atoms with Crippen molar-refractivity contribution in [3.8, 4) is 0 Å². The van der Waals surface area contributed by atoms with Crippen LogP contribution in [0.1, 0.15) is 115 Å². The Morgan fingerprint density at radius 1 is 0.921 bits per heavy atom. The molecular formula is C28H57IN5O2S2+. The van der Waals surface area contributed by atoms with E-state index in [1.54, 1.807) is 6.33 Å². The monoisotopic (exact) mass is 686 g/mol. The fourth-order valence-corrected chi connectivity index (χ4v) is 7.97. The van der Waals surface area contributed by atoms with Crippen molar-refractivity contribution in [2.45, 2.75) is 119 Å². The van der Waals surface area contributed by atoms with Gasteiger partial charge in [-0.25, -0.2) is 22.8 Å². The van der Waals surface area contributed by atoms with Crippen LogP contribution in [0.3, 0.4) is 0 Å². The van der Waals surface area contributed by atoms with Crippen LogP contribution in [0.4, 0.5) is 0 Å². The van der Waals surface area contributed by atoms with Crippen LogP contribution < -0.4 is 4.72 Å².